The predicted octanol–water partition coefficient (Wildman–Crippen LogP) is 13.4. The van der Waals surface area contributed by atoms with Gasteiger partial charge in [0.2, 0.25) is 0 Å². The minimum Gasteiger partial charge on any atom is -0.456 e. The van der Waals surface area contributed by atoms with Crippen LogP contribution in [0.15, 0.2) is 162 Å². The molecule has 1 aliphatic rings. The van der Waals surface area contributed by atoms with Crippen LogP contribution >= 0.6 is 0 Å². The highest BCUT2D eigenvalue weighted by Crippen LogP contribution is 2.47. The Morgan fingerprint density at radius 2 is 1.27 bits per heavy atom. The second-order valence-electron chi connectivity index (χ2n) is 14.6. The summed E-state index contributed by atoms with van der Waals surface area (Å²) in [6.45, 7) is 8.35. The maximum Gasteiger partial charge on any atom is 0.189 e. The summed E-state index contributed by atoms with van der Waals surface area (Å²) in [5.41, 5.74) is 15.4. The Morgan fingerprint density at radius 1 is 0.571 bits per heavy atom. The fourth-order valence-corrected chi connectivity index (χ4v) is 9.49. The summed E-state index contributed by atoms with van der Waals surface area (Å²) < 4.78 is 11.0. The van der Waals surface area contributed by atoms with Crippen LogP contribution in [0, 0.1) is 17.9 Å². The van der Waals surface area contributed by atoms with Crippen molar-refractivity contribution in [2.75, 3.05) is 0 Å². The van der Waals surface area contributed by atoms with Gasteiger partial charge < -0.3 is 13.6 Å². The molecule has 0 bridgehead atoms. The van der Waals surface area contributed by atoms with E-state index in [1.165, 1.54) is 33.0 Å². The van der Waals surface area contributed by atoms with Crippen LogP contribution in [-0.2, 0) is 6.42 Å². The van der Waals surface area contributed by atoms with Crippen LogP contribution in [0.5, 0.6) is 0 Å². The van der Waals surface area contributed by atoms with Gasteiger partial charge in [0, 0.05) is 43.7 Å². The zero-order valence-corrected chi connectivity index (χ0v) is 29.9. The molecule has 0 unspecified atom stereocenters. The first-order valence-electron chi connectivity index (χ1n) is 18.7. The number of hydrogen-bond donors (Lipinski definition) is 0. The molecule has 11 aromatic rings. The summed E-state index contributed by atoms with van der Waals surface area (Å²) >= 11 is 0. The Hall–Kier alpha value is -7.86. The van der Waals surface area contributed by atoms with E-state index in [1.807, 2.05) is 48.5 Å². The Balaban J connectivity index is 1.20. The Labute approximate surface area is 320 Å². The number of rotatable bonds is 3. The van der Waals surface area contributed by atoms with Gasteiger partial charge in [-0.15, -0.1) is 0 Å². The van der Waals surface area contributed by atoms with Gasteiger partial charge >= 0.3 is 0 Å². The number of benzene rings is 8. The largest absolute Gasteiger partial charge is 0.456 e. The van der Waals surface area contributed by atoms with Crippen LogP contribution in [0.25, 0.3) is 104 Å². The molecule has 0 spiro atoms. The van der Waals surface area contributed by atoms with Crippen molar-refractivity contribution in [2.24, 2.45) is 0 Å². The van der Waals surface area contributed by atoms with E-state index in [2.05, 4.69) is 129 Å². The molecule has 0 saturated carbocycles. The van der Waals surface area contributed by atoms with Gasteiger partial charge in [0.05, 0.1) is 45.3 Å². The van der Waals surface area contributed by atoms with Gasteiger partial charge in [-0.25, -0.2) is 4.85 Å². The topological polar surface area (TPSA) is 51.1 Å². The Morgan fingerprint density at radius 3 is 2.09 bits per heavy atom. The minimum absolute atomic E-state index is 0.523. The molecule has 0 fully saturated rings. The summed E-state index contributed by atoms with van der Waals surface area (Å²) in [4.78, 5) is 4.05. The summed E-state index contributed by atoms with van der Waals surface area (Å²) in [5, 5.41) is 17.4. The molecule has 56 heavy (non-hydrogen) atoms. The molecule has 3 aromatic heterocycles. The first-order chi connectivity index (χ1) is 27.7. The van der Waals surface area contributed by atoms with Gasteiger partial charge in [0.25, 0.3) is 0 Å². The third-order valence-corrected chi connectivity index (χ3v) is 11.7. The molecule has 0 atom stereocenters. The van der Waals surface area contributed by atoms with Crippen LogP contribution in [0.4, 0.5) is 5.69 Å². The molecule has 1 aliphatic carbocycles. The highest BCUT2D eigenvalue weighted by molar-refractivity contribution is 6.25. The van der Waals surface area contributed by atoms with Crippen molar-refractivity contribution in [2.45, 2.75) is 6.42 Å². The van der Waals surface area contributed by atoms with Crippen molar-refractivity contribution >= 4 is 71.2 Å². The molecule has 3 heterocycles. The standard InChI is InChI=1S/C51H28N4O/c1-53-34-26-33(27-35(28-34)54-43-18-7-4-14-38(43)40-22-21-31-25-30-11-2-3-13-36(30)47(31)50(40)54)37-17-10-12-32(29-52)49(37)55-44-19-8-5-15-39(44)41-23-24-46-48(51(41)55)42-16-6-9-20-45(42)56-46/h2-24,26-28H,25H2. The molecule has 5 heteroatoms. The highest BCUT2D eigenvalue weighted by Gasteiger charge is 2.27. The lowest BCUT2D eigenvalue weighted by atomic mass is 9.98. The molecule has 8 aromatic carbocycles. The lowest BCUT2D eigenvalue weighted by Gasteiger charge is -2.18. The van der Waals surface area contributed by atoms with Crippen molar-refractivity contribution in [3.8, 4) is 39.7 Å². The third kappa shape index (κ3) is 4.06. The number of nitrogens with zero attached hydrogens (tertiary/aromatic N) is 4. The van der Waals surface area contributed by atoms with Crippen molar-refractivity contribution in [3.05, 3.63) is 186 Å². The first kappa shape index (κ1) is 30.6. The summed E-state index contributed by atoms with van der Waals surface area (Å²) in [6, 6.07) is 57.1. The molecule has 0 N–H and O–H groups in total. The average Bonchev–Trinajstić information content (AvgIpc) is 4.00. The number of furan rings is 1. The number of hydrogen-bond acceptors (Lipinski definition) is 2. The van der Waals surface area contributed by atoms with E-state index in [0.717, 1.165) is 83.7 Å². The van der Waals surface area contributed by atoms with Crippen LogP contribution in [-0.4, -0.2) is 9.13 Å². The van der Waals surface area contributed by atoms with Crippen molar-refractivity contribution in [3.63, 3.8) is 0 Å². The Bertz CT molecular complexity index is 3600. The van der Waals surface area contributed by atoms with E-state index in [0.29, 0.717) is 11.3 Å². The predicted molar refractivity (Wildman–Crippen MR) is 227 cm³/mol. The quantitative estimate of drug-likeness (QED) is 0.171. The second-order valence-corrected chi connectivity index (χ2v) is 14.6. The summed E-state index contributed by atoms with van der Waals surface area (Å²) in [5.74, 6) is 0. The lowest BCUT2D eigenvalue weighted by molar-refractivity contribution is 0.669. The summed E-state index contributed by atoms with van der Waals surface area (Å²) in [7, 11) is 0. The van der Waals surface area contributed by atoms with Gasteiger partial charge in [-0.3, -0.25) is 0 Å². The van der Waals surface area contributed by atoms with E-state index < -0.39 is 0 Å². The maximum atomic E-state index is 10.9. The van der Waals surface area contributed by atoms with E-state index in [1.54, 1.807) is 0 Å². The van der Waals surface area contributed by atoms with Gasteiger partial charge in [0.1, 0.15) is 17.2 Å². The normalized spacial score (nSPS) is 12.2. The van der Waals surface area contributed by atoms with Crippen LogP contribution in [0.2, 0.25) is 0 Å². The van der Waals surface area contributed by atoms with E-state index in [4.69, 9.17) is 11.0 Å². The molecule has 5 nitrogen and oxygen atoms in total. The van der Waals surface area contributed by atoms with Crippen molar-refractivity contribution < 1.29 is 4.42 Å². The number of para-hydroxylation sites is 4. The van der Waals surface area contributed by atoms with Crippen molar-refractivity contribution in [1.29, 1.82) is 5.26 Å². The summed E-state index contributed by atoms with van der Waals surface area (Å²) in [6.07, 6.45) is 0.888. The second kappa shape index (κ2) is 11.3. The monoisotopic (exact) mass is 712 g/mol. The average molecular weight is 713 g/mol. The molecule has 12 rings (SSSR count). The molecule has 0 amide bonds. The number of fused-ring (bicyclic) bond motifs is 14. The van der Waals surface area contributed by atoms with E-state index in [9.17, 15) is 5.26 Å². The zero-order chi connectivity index (χ0) is 37.1. The third-order valence-electron chi connectivity index (χ3n) is 11.7. The number of nitriles is 1. The molecule has 0 saturated heterocycles. The Kier molecular flexibility index (Phi) is 6.18. The fourth-order valence-electron chi connectivity index (χ4n) is 9.49. The first-order valence-corrected chi connectivity index (χ1v) is 18.7. The van der Waals surface area contributed by atoms with E-state index in [-0.39, 0.29) is 0 Å². The SMILES string of the molecule is [C-]#[N+]c1cc(-c2cccc(C#N)c2-n2c3ccccc3c3ccc4oc5ccccc5c4c32)cc(-n2c3ccccc3c3ccc4c(c32)-c2ccccc2C4)c1. The van der Waals surface area contributed by atoms with Gasteiger partial charge in [-0.2, -0.15) is 5.26 Å². The molecular weight excluding hydrogens is 685 g/mol. The molecule has 0 radical (unpaired) electrons. The van der Waals surface area contributed by atoms with Gasteiger partial charge in [-0.05, 0) is 83.3 Å². The van der Waals surface area contributed by atoms with Crippen molar-refractivity contribution in [1.82, 2.24) is 9.13 Å². The minimum atomic E-state index is 0.523. The lowest BCUT2D eigenvalue weighted by Crippen LogP contribution is -2.02. The van der Waals surface area contributed by atoms with Crippen LogP contribution < -0.4 is 0 Å². The van der Waals surface area contributed by atoms with E-state index >= 15 is 0 Å². The molecular formula is C51H28N4O. The molecule has 0 aliphatic heterocycles. The van der Waals surface area contributed by atoms with Crippen LogP contribution in [0.3, 0.4) is 0 Å². The maximum absolute atomic E-state index is 10.9. The van der Waals surface area contributed by atoms with Gasteiger partial charge in [0.15, 0.2) is 5.69 Å². The van der Waals surface area contributed by atoms with Gasteiger partial charge in [-0.1, -0.05) is 103 Å². The fraction of sp³-hybridized carbons (Fsp3) is 0.0196. The highest BCUT2D eigenvalue weighted by atomic mass is 16.3. The van der Waals surface area contributed by atoms with Crippen LogP contribution in [0.1, 0.15) is 16.7 Å². The number of aromatic nitrogens is 2. The molecule has 258 valence electrons. The smallest absolute Gasteiger partial charge is 0.189 e. The zero-order valence-electron chi connectivity index (χ0n) is 29.9.